The summed E-state index contributed by atoms with van der Waals surface area (Å²) in [6, 6.07) is 2.21. The van der Waals surface area contributed by atoms with E-state index in [-0.39, 0.29) is 11.5 Å². The monoisotopic (exact) mass is 183 g/mol. The highest BCUT2D eigenvalue weighted by Gasteiger charge is 2.07. The fourth-order valence-corrected chi connectivity index (χ4v) is 0.711. The van der Waals surface area contributed by atoms with Gasteiger partial charge in [0.2, 0.25) is 0 Å². The van der Waals surface area contributed by atoms with E-state index in [0.29, 0.717) is 0 Å². The Bertz CT molecular complexity index is 351. The molecule has 0 unspecified atom stereocenters. The van der Waals surface area contributed by atoms with Crippen LogP contribution in [0, 0.1) is 10.1 Å². The average Bonchev–Trinajstić information content (AvgIpc) is 2.03. The summed E-state index contributed by atoms with van der Waals surface area (Å²) in [6.07, 6.45) is -0.156. The van der Waals surface area contributed by atoms with E-state index in [2.05, 4.69) is 4.98 Å². The first-order chi connectivity index (χ1) is 6.09. The lowest BCUT2D eigenvalue weighted by Gasteiger charge is -1.97. The van der Waals surface area contributed by atoms with E-state index < -0.39 is 11.0 Å². The van der Waals surface area contributed by atoms with Crippen LogP contribution in [0.4, 0.5) is 16.3 Å². The van der Waals surface area contributed by atoms with Gasteiger partial charge in [-0.15, -0.1) is 0 Å². The highest BCUT2D eigenvalue weighted by atomic mass is 16.6. The van der Waals surface area contributed by atoms with Gasteiger partial charge in [-0.25, -0.2) is 9.78 Å². The zero-order valence-corrected chi connectivity index (χ0v) is 6.30. The Hall–Kier alpha value is -2.18. The van der Waals surface area contributed by atoms with E-state index in [0.717, 1.165) is 12.3 Å². The van der Waals surface area contributed by atoms with Gasteiger partial charge in [-0.2, -0.15) is 0 Å². The number of aromatic nitrogens is 1. The number of anilines is 1. The number of amides is 1. The lowest BCUT2D eigenvalue weighted by atomic mass is 10.4. The standard InChI is InChI=1S/C6H5N3O4/c10-6(11)8-5-3-4(9(12)13)1-2-7-5/h1-3H,(H,7,8)(H,10,11). The van der Waals surface area contributed by atoms with Gasteiger partial charge >= 0.3 is 6.09 Å². The van der Waals surface area contributed by atoms with E-state index in [1.54, 1.807) is 0 Å². The maximum Gasteiger partial charge on any atom is 0.410 e. The zero-order chi connectivity index (χ0) is 9.84. The molecule has 0 aliphatic carbocycles. The fraction of sp³-hybridized carbons (Fsp3) is 0. The number of nitro groups is 1. The van der Waals surface area contributed by atoms with E-state index in [1.165, 1.54) is 6.07 Å². The lowest BCUT2D eigenvalue weighted by Crippen LogP contribution is -2.08. The van der Waals surface area contributed by atoms with Crippen molar-refractivity contribution in [3.8, 4) is 0 Å². The van der Waals surface area contributed by atoms with Crippen LogP contribution in [0.5, 0.6) is 0 Å². The van der Waals surface area contributed by atoms with Gasteiger partial charge in [0, 0.05) is 12.3 Å². The van der Waals surface area contributed by atoms with Crippen LogP contribution in [0.25, 0.3) is 0 Å². The molecule has 1 aromatic heterocycles. The summed E-state index contributed by atoms with van der Waals surface area (Å²) >= 11 is 0. The summed E-state index contributed by atoms with van der Waals surface area (Å²) in [7, 11) is 0. The molecular formula is C6H5N3O4. The van der Waals surface area contributed by atoms with Crippen molar-refractivity contribution in [2.75, 3.05) is 5.32 Å². The number of rotatable bonds is 2. The SMILES string of the molecule is O=C(O)Nc1cc([N+](=O)[O-])ccn1. The molecular weight excluding hydrogens is 178 g/mol. The minimum atomic E-state index is -1.31. The van der Waals surface area contributed by atoms with E-state index in [1.807, 2.05) is 5.32 Å². The maximum atomic E-state index is 10.2. The van der Waals surface area contributed by atoms with Crippen molar-refractivity contribution in [1.82, 2.24) is 4.98 Å². The molecule has 0 spiro atoms. The molecule has 0 fully saturated rings. The minimum Gasteiger partial charge on any atom is -0.465 e. The molecule has 1 amide bonds. The Morgan fingerprint density at radius 3 is 2.92 bits per heavy atom. The number of pyridine rings is 1. The third kappa shape index (κ3) is 2.40. The molecule has 7 heteroatoms. The average molecular weight is 183 g/mol. The lowest BCUT2D eigenvalue weighted by molar-refractivity contribution is -0.384. The summed E-state index contributed by atoms with van der Waals surface area (Å²) in [4.78, 5) is 23.3. The van der Waals surface area contributed by atoms with E-state index in [9.17, 15) is 14.9 Å². The second-order valence-electron chi connectivity index (χ2n) is 2.09. The second kappa shape index (κ2) is 3.48. The number of hydrogen-bond donors (Lipinski definition) is 2. The van der Waals surface area contributed by atoms with Crippen molar-refractivity contribution in [1.29, 1.82) is 0 Å². The first-order valence-electron chi connectivity index (χ1n) is 3.20. The van der Waals surface area contributed by atoms with Gasteiger partial charge in [-0.05, 0) is 0 Å². The molecule has 1 heterocycles. The third-order valence-corrected chi connectivity index (χ3v) is 1.19. The third-order valence-electron chi connectivity index (χ3n) is 1.19. The van der Waals surface area contributed by atoms with Crippen LogP contribution in [0.1, 0.15) is 0 Å². The molecule has 0 aromatic carbocycles. The Balaban J connectivity index is 2.91. The largest absolute Gasteiger partial charge is 0.465 e. The molecule has 0 aliphatic heterocycles. The van der Waals surface area contributed by atoms with Gasteiger partial charge in [0.15, 0.2) is 0 Å². The molecule has 0 saturated heterocycles. The summed E-state index contributed by atoms with van der Waals surface area (Å²) in [5.41, 5.74) is -0.209. The summed E-state index contributed by atoms with van der Waals surface area (Å²) in [5, 5.41) is 20.4. The Kier molecular flexibility index (Phi) is 2.38. The van der Waals surface area contributed by atoms with Crippen LogP contribution in [0.15, 0.2) is 18.3 Å². The smallest absolute Gasteiger partial charge is 0.410 e. The number of nitrogens with one attached hydrogen (secondary N) is 1. The molecule has 0 saturated carbocycles. The minimum absolute atomic E-state index is 0.0679. The van der Waals surface area contributed by atoms with Gasteiger partial charge in [0.25, 0.3) is 5.69 Å². The van der Waals surface area contributed by atoms with Crippen LogP contribution in [0.2, 0.25) is 0 Å². The Morgan fingerprint density at radius 1 is 1.69 bits per heavy atom. The summed E-state index contributed by atoms with van der Waals surface area (Å²) in [6.45, 7) is 0. The zero-order valence-electron chi connectivity index (χ0n) is 6.30. The molecule has 0 aliphatic rings. The molecule has 0 bridgehead atoms. The molecule has 1 rings (SSSR count). The topological polar surface area (TPSA) is 105 Å². The van der Waals surface area contributed by atoms with Crippen LogP contribution in [-0.4, -0.2) is 21.1 Å². The molecule has 0 atom stereocenters. The first-order valence-corrected chi connectivity index (χ1v) is 3.20. The van der Waals surface area contributed by atoms with Crippen molar-refractivity contribution in [3.63, 3.8) is 0 Å². The number of carboxylic acid groups (broad SMARTS) is 1. The van der Waals surface area contributed by atoms with Crippen molar-refractivity contribution in [3.05, 3.63) is 28.4 Å². The molecule has 0 radical (unpaired) electrons. The Labute approximate surface area is 72.2 Å². The molecule has 68 valence electrons. The van der Waals surface area contributed by atoms with Crippen molar-refractivity contribution >= 4 is 17.6 Å². The predicted molar refractivity (Wildman–Crippen MR) is 42.5 cm³/mol. The Morgan fingerprint density at radius 2 is 2.38 bits per heavy atom. The van der Waals surface area contributed by atoms with Gasteiger partial charge in [-0.1, -0.05) is 0 Å². The maximum absolute atomic E-state index is 10.2. The van der Waals surface area contributed by atoms with E-state index in [4.69, 9.17) is 5.11 Å². The summed E-state index contributed by atoms with van der Waals surface area (Å²) in [5.74, 6) is -0.0679. The summed E-state index contributed by atoms with van der Waals surface area (Å²) < 4.78 is 0. The number of hydrogen-bond acceptors (Lipinski definition) is 4. The van der Waals surface area contributed by atoms with Crippen LogP contribution in [-0.2, 0) is 0 Å². The highest BCUT2D eigenvalue weighted by Crippen LogP contribution is 2.13. The van der Waals surface area contributed by atoms with E-state index >= 15 is 0 Å². The van der Waals surface area contributed by atoms with Crippen LogP contribution < -0.4 is 5.32 Å². The predicted octanol–water partition coefficient (Wildman–Crippen LogP) is 1.08. The normalized spacial score (nSPS) is 9.23. The van der Waals surface area contributed by atoms with Gasteiger partial charge < -0.3 is 5.11 Å². The second-order valence-corrected chi connectivity index (χ2v) is 2.09. The van der Waals surface area contributed by atoms with Crippen molar-refractivity contribution < 1.29 is 14.8 Å². The van der Waals surface area contributed by atoms with Crippen molar-refractivity contribution in [2.24, 2.45) is 0 Å². The number of carbonyl (C=O) groups is 1. The van der Waals surface area contributed by atoms with Gasteiger partial charge in [-0.3, -0.25) is 15.4 Å². The number of nitrogens with zero attached hydrogens (tertiary/aromatic N) is 2. The van der Waals surface area contributed by atoms with Gasteiger partial charge in [0.1, 0.15) is 5.82 Å². The van der Waals surface area contributed by atoms with Crippen LogP contribution >= 0.6 is 0 Å². The quantitative estimate of drug-likeness (QED) is 0.527. The van der Waals surface area contributed by atoms with Crippen LogP contribution in [0.3, 0.4) is 0 Å². The van der Waals surface area contributed by atoms with Gasteiger partial charge in [0.05, 0.1) is 11.0 Å². The molecule has 1 aromatic rings. The molecule has 13 heavy (non-hydrogen) atoms. The fourth-order valence-electron chi connectivity index (χ4n) is 0.711. The first kappa shape index (κ1) is 8.91. The highest BCUT2D eigenvalue weighted by molar-refractivity contribution is 5.81. The van der Waals surface area contributed by atoms with Crippen molar-refractivity contribution in [2.45, 2.75) is 0 Å². The molecule has 2 N–H and O–H groups in total. The molecule has 7 nitrogen and oxygen atoms in total.